The van der Waals surface area contributed by atoms with Crippen LogP contribution in [0.3, 0.4) is 0 Å². The molecule has 0 spiro atoms. The van der Waals surface area contributed by atoms with Crippen molar-refractivity contribution in [3.8, 4) is 0 Å². The molecule has 0 aliphatic rings. The zero-order valence-corrected chi connectivity index (χ0v) is 18.0. The van der Waals surface area contributed by atoms with Gasteiger partial charge in [-0.1, -0.05) is 66.7 Å². The molecule has 0 fully saturated rings. The van der Waals surface area contributed by atoms with E-state index in [0.717, 1.165) is 11.1 Å². The number of carbonyl (C=O) groups is 1. The van der Waals surface area contributed by atoms with Crippen LogP contribution in [-0.2, 0) is 31.0 Å². The van der Waals surface area contributed by atoms with E-state index in [2.05, 4.69) is 4.72 Å². The lowest BCUT2D eigenvalue weighted by Crippen LogP contribution is -2.38. The Kier molecular flexibility index (Phi) is 8.06. The Hall–Kier alpha value is -2.87. The molecule has 162 valence electrons. The van der Waals surface area contributed by atoms with E-state index >= 15 is 0 Å². The molecule has 0 radical (unpaired) electrons. The van der Waals surface area contributed by atoms with Gasteiger partial charge in [0.2, 0.25) is 0 Å². The largest absolute Gasteiger partial charge is 0.292 e. The van der Waals surface area contributed by atoms with Crippen molar-refractivity contribution in [2.75, 3.05) is 4.72 Å². The lowest BCUT2D eigenvalue weighted by Gasteiger charge is -2.29. The van der Waals surface area contributed by atoms with Crippen LogP contribution in [0.2, 0.25) is 0 Å². The Bertz CT molecular complexity index is 990. The zero-order chi connectivity index (χ0) is 22.2. The van der Waals surface area contributed by atoms with Gasteiger partial charge in [-0.15, -0.1) is 0 Å². The number of nitrogens with one attached hydrogen (secondary N) is 1. The monoisotopic (exact) mass is 440 g/mol. The molecule has 7 heteroatoms. The molecule has 0 saturated heterocycles. The molecule has 5 nitrogen and oxygen atoms in total. The van der Waals surface area contributed by atoms with E-state index in [1.807, 2.05) is 65.6 Å². The number of rotatable bonds is 10. The van der Waals surface area contributed by atoms with Gasteiger partial charge in [0, 0.05) is 24.3 Å². The highest BCUT2D eigenvalue weighted by atomic mass is 32.2. The summed E-state index contributed by atoms with van der Waals surface area (Å²) in [6, 6.07) is 23.5. The highest BCUT2D eigenvalue weighted by Gasteiger charge is 2.25. The summed E-state index contributed by atoms with van der Waals surface area (Å²) in [5.74, 6) is -0.244. The highest BCUT2D eigenvalue weighted by Crippen LogP contribution is 2.22. The van der Waals surface area contributed by atoms with Crippen LogP contribution in [0.5, 0.6) is 0 Å². The fourth-order valence-corrected chi connectivity index (χ4v) is 3.77. The number of ketones is 1. The minimum absolute atomic E-state index is 0.205. The van der Waals surface area contributed by atoms with Crippen LogP contribution in [0.25, 0.3) is 0 Å². The van der Waals surface area contributed by atoms with Gasteiger partial charge in [-0.05, 0) is 35.7 Å². The second-order valence-corrected chi connectivity index (χ2v) is 7.98. The lowest BCUT2D eigenvalue weighted by atomic mass is 9.97. The van der Waals surface area contributed by atoms with E-state index in [1.54, 1.807) is 6.92 Å². The maximum Gasteiger partial charge on any atom is 0.259 e. The first-order valence-electron chi connectivity index (χ1n) is 9.90. The summed E-state index contributed by atoms with van der Waals surface area (Å²) in [6.45, 7) is 2.10. The van der Waals surface area contributed by atoms with Crippen molar-refractivity contribution < 1.29 is 17.9 Å². The Labute approximate surface area is 184 Å². The van der Waals surface area contributed by atoms with Crippen molar-refractivity contribution in [1.82, 2.24) is 4.90 Å². The molecule has 3 rings (SSSR count). The minimum Gasteiger partial charge on any atom is -0.292 e. The number of hydrogen-bond donors (Lipinski definition) is 2. The normalized spacial score (nSPS) is 13.0. The number of benzene rings is 3. The second kappa shape index (κ2) is 10.9. The first-order chi connectivity index (χ1) is 15.0. The van der Waals surface area contributed by atoms with Gasteiger partial charge in [0.15, 0.2) is 5.78 Å². The summed E-state index contributed by atoms with van der Waals surface area (Å²) in [4.78, 5) is 15.5. The summed E-state index contributed by atoms with van der Waals surface area (Å²) in [7, 11) is 0. The fourth-order valence-electron chi connectivity index (χ4n) is 3.44. The predicted octanol–water partition coefficient (Wildman–Crippen LogP) is 4.98. The van der Waals surface area contributed by atoms with E-state index in [4.69, 9.17) is 4.55 Å². The Morgan fingerprint density at radius 3 is 2.03 bits per heavy atom. The molecule has 0 heterocycles. The minimum atomic E-state index is -2.28. The van der Waals surface area contributed by atoms with Crippen LogP contribution in [0, 0.1) is 0 Å². The number of hydrogen-bond acceptors (Lipinski definition) is 3. The molecular weight excluding hydrogens is 415 g/mol. The summed E-state index contributed by atoms with van der Waals surface area (Å²) >= 11 is -2.28. The Morgan fingerprint density at radius 1 is 1.00 bits per heavy atom. The first kappa shape index (κ1) is 22.8. The third kappa shape index (κ3) is 6.30. The molecular formula is C24H25FN2O3S. The standard InChI is InChI=1S/C24H25FN2O3S/c1-18(24(28)23-14-22(26-31(29)30)13-12-21(23)15-25)27(16-19-8-4-2-5-9-19)17-20-10-6-3-7-11-20/h2-14,18,26H,15-17H2,1H3,(H,29,30). The first-order valence-corrected chi connectivity index (χ1v) is 11.0. The molecule has 3 aromatic carbocycles. The van der Waals surface area contributed by atoms with Gasteiger partial charge in [-0.3, -0.25) is 19.0 Å². The maximum atomic E-state index is 13.6. The number of Topliss-reactive ketones (excluding diaryl/α,β-unsaturated/α-hetero) is 1. The fraction of sp³-hybridized carbons (Fsp3) is 0.208. The molecule has 3 aromatic rings. The van der Waals surface area contributed by atoms with E-state index in [-0.39, 0.29) is 22.6 Å². The molecule has 0 amide bonds. The SMILES string of the molecule is CC(C(=O)c1cc(NS(=O)O)ccc1CF)N(Cc1ccccc1)Cc1ccccc1. The summed E-state index contributed by atoms with van der Waals surface area (Å²) in [6.07, 6.45) is 0. The van der Waals surface area contributed by atoms with E-state index in [1.165, 1.54) is 18.2 Å². The van der Waals surface area contributed by atoms with Crippen molar-refractivity contribution >= 4 is 22.7 Å². The summed E-state index contributed by atoms with van der Waals surface area (Å²) in [5.41, 5.74) is 2.87. The van der Waals surface area contributed by atoms with Crippen LogP contribution in [0.4, 0.5) is 10.1 Å². The zero-order valence-electron chi connectivity index (χ0n) is 17.2. The van der Waals surface area contributed by atoms with Gasteiger partial charge < -0.3 is 0 Å². The van der Waals surface area contributed by atoms with Crippen molar-refractivity contribution in [3.05, 3.63) is 101 Å². The van der Waals surface area contributed by atoms with E-state index in [0.29, 0.717) is 13.1 Å². The average Bonchev–Trinajstić information content (AvgIpc) is 2.78. The number of nitrogens with zero attached hydrogens (tertiary/aromatic N) is 1. The number of anilines is 1. The number of alkyl halides is 1. The molecule has 31 heavy (non-hydrogen) atoms. The van der Waals surface area contributed by atoms with E-state index < -0.39 is 24.0 Å². The van der Waals surface area contributed by atoms with Gasteiger partial charge in [0.05, 0.1) is 6.04 Å². The molecule has 0 aromatic heterocycles. The number of carbonyl (C=O) groups excluding carboxylic acids is 1. The van der Waals surface area contributed by atoms with Gasteiger partial charge in [0.1, 0.15) is 6.67 Å². The second-order valence-electron chi connectivity index (χ2n) is 7.27. The van der Waals surface area contributed by atoms with Crippen molar-refractivity contribution in [3.63, 3.8) is 0 Å². The smallest absolute Gasteiger partial charge is 0.259 e. The molecule has 0 saturated carbocycles. The van der Waals surface area contributed by atoms with Crippen LogP contribution in [0.15, 0.2) is 78.9 Å². The van der Waals surface area contributed by atoms with Crippen LogP contribution in [0.1, 0.15) is 34.0 Å². The predicted molar refractivity (Wildman–Crippen MR) is 122 cm³/mol. The van der Waals surface area contributed by atoms with Gasteiger partial charge in [-0.2, -0.15) is 0 Å². The summed E-state index contributed by atoms with van der Waals surface area (Å²) in [5, 5.41) is 0. The number of halogens is 1. The average molecular weight is 441 g/mol. The van der Waals surface area contributed by atoms with E-state index in [9.17, 15) is 13.4 Å². The van der Waals surface area contributed by atoms with Crippen LogP contribution < -0.4 is 4.72 Å². The lowest BCUT2D eigenvalue weighted by molar-refractivity contribution is 0.0814. The Morgan fingerprint density at radius 2 is 1.55 bits per heavy atom. The topological polar surface area (TPSA) is 69.6 Å². The van der Waals surface area contributed by atoms with Crippen molar-refractivity contribution in [2.45, 2.75) is 32.7 Å². The third-order valence-corrected chi connectivity index (χ3v) is 5.52. The maximum absolute atomic E-state index is 13.6. The molecule has 2 unspecified atom stereocenters. The molecule has 0 aliphatic heterocycles. The summed E-state index contributed by atoms with van der Waals surface area (Å²) < 4.78 is 36.1. The van der Waals surface area contributed by atoms with Gasteiger partial charge >= 0.3 is 0 Å². The molecule has 0 bridgehead atoms. The molecule has 0 aliphatic carbocycles. The van der Waals surface area contributed by atoms with Crippen molar-refractivity contribution in [1.29, 1.82) is 0 Å². The van der Waals surface area contributed by atoms with Crippen LogP contribution in [-0.4, -0.2) is 25.5 Å². The Balaban J connectivity index is 1.91. The molecule has 2 atom stereocenters. The third-order valence-electron chi connectivity index (χ3n) is 5.11. The van der Waals surface area contributed by atoms with Gasteiger partial charge in [0.25, 0.3) is 11.3 Å². The van der Waals surface area contributed by atoms with Gasteiger partial charge in [-0.25, -0.2) is 8.60 Å². The quantitative estimate of drug-likeness (QED) is 0.345. The van der Waals surface area contributed by atoms with Crippen LogP contribution >= 0.6 is 0 Å². The van der Waals surface area contributed by atoms with Crippen molar-refractivity contribution in [2.24, 2.45) is 0 Å². The molecule has 2 N–H and O–H groups in total. The highest BCUT2D eigenvalue weighted by molar-refractivity contribution is 7.80.